The van der Waals surface area contributed by atoms with Crippen LogP contribution < -0.4 is 5.32 Å². The maximum atomic E-state index is 12.6. The summed E-state index contributed by atoms with van der Waals surface area (Å²) in [6, 6.07) is -1.73. The summed E-state index contributed by atoms with van der Waals surface area (Å²) in [6.07, 6.45) is 1.12. The van der Waals surface area contributed by atoms with E-state index in [0.29, 0.717) is 5.71 Å². The van der Waals surface area contributed by atoms with Gasteiger partial charge in [0.1, 0.15) is 24.3 Å². The lowest BCUT2D eigenvalue weighted by Gasteiger charge is -2.29. The number of hydrogen-bond donors (Lipinski definition) is 1. The third kappa shape index (κ3) is 5.83. The second kappa shape index (κ2) is 9.59. The van der Waals surface area contributed by atoms with Gasteiger partial charge in [-0.05, 0) is 20.8 Å². The number of nitrogens with zero attached hydrogens (tertiary/aromatic N) is 3. The molecule has 2 aliphatic rings. The van der Waals surface area contributed by atoms with Gasteiger partial charge >= 0.3 is 18.1 Å². The fraction of sp³-hybridized carbons (Fsp3) is 0.667. The van der Waals surface area contributed by atoms with Crippen molar-refractivity contribution in [2.45, 2.75) is 44.9 Å². The third-order valence-electron chi connectivity index (χ3n) is 4.10. The van der Waals surface area contributed by atoms with Crippen LogP contribution in [0.25, 0.3) is 0 Å². The van der Waals surface area contributed by atoms with Crippen molar-refractivity contribution in [3.63, 3.8) is 0 Å². The average molecular weight is 412 g/mol. The molecule has 2 saturated heterocycles. The Morgan fingerprint density at radius 1 is 1.38 bits per heavy atom. The highest BCUT2D eigenvalue weighted by molar-refractivity contribution is 6.01. The molecule has 0 aromatic carbocycles. The van der Waals surface area contributed by atoms with Gasteiger partial charge in [-0.2, -0.15) is 5.06 Å². The van der Waals surface area contributed by atoms with Crippen molar-refractivity contribution >= 4 is 23.8 Å². The molecular weight excluding hydrogens is 384 g/mol. The summed E-state index contributed by atoms with van der Waals surface area (Å²) in [5.74, 6) is -0.540. The zero-order valence-electron chi connectivity index (χ0n) is 17.2. The van der Waals surface area contributed by atoms with Crippen LogP contribution in [0.5, 0.6) is 0 Å². The largest absolute Gasteiger partial charge is 0.467 e. The number of fused-ring (bicyclic) bond motifs is 2. The molecule has 0 aromatic heterocycles. The van der Waals surface area contributed by atoms with E-state index in [-0.39, 0.29) is 32.7 Å². The number of carbonyl (C=O) groups excluding carboxylic acids is 3. The predicted octanol–water partition coefficient (Wildman–Crippen LogP) is 1.05. The van der Waals surface area contributed by atoms with Gasteiger partial charge in [-0.3, -0.25) is 4.84 Å². The summed E-state index contributed by atoms with van der Waals surface area (Å²) in [5, 5.41) is 7.81. The molecule has 2 heterocycles. The van der Waals surface area contributed by atoms with E-state index in [1.54, 1.807) is 20.8 Å². The van der Waals surface area contributed by atoms with Crippen molar-refractivity contribution in [2.75, 3.05) is 33.4 Å². The molecule has 29 heavy (non-hydrogen) atoms. The van der Waals surface area contributed by atoms with Crippen LogP contribution in [0.15, 0.2) is 17.8 Å². The van der Waals surface area contributed by atoms with E-state index < -0.39 is 35.8 Å². The number of hydroxylamine groups is 2. The van der Waals surface area contributed by atoms with Crippen LogP contribution in [0, 0.1) is 0 Å². The van der Waals surface area contributed by atoms with E-state index in [9.17, 15) is 14.4 Å². The van der Waals surface area contributed by atoms with Crippen molar-refractivity contribution in [1.82, 2.24) is 15.3 Å². The van der Waals surface area contributed by atoms with E-state index in [1.165, 1.54) is 23.1 Å². The van der Waals surface area contributed by atoms with E-state index >= 15 is 0 Å². The number of nitrogens with one attached hydrogen (secondary N) is 1. The minimum atomic E-state index is -0.802. The highest BCUT2D eigenvalue weighted by Crippen LogP contribution is 2.29. The number of esters is 1. The zero-order valence-corrected chi connectivity index (χ0v) is 17.2. The molecule has 11 heteroatoms. The summed E-state index contributed by atoms with van der Waals surface area (Å²) in [4.78, 5) is 48.4. The Kier molecular flexibility index (Phi) is 7.43. The third-order valence-corrected chi connectivity index (χ3v) is 4.10. The van der Waals surface area contributed by atoms with Crippen molar-refractivity contribution in [3.8, 4) is 0 Å². The van der Waals surface area contributed by atoms with Crippen LogP contribution in [0.3, 0.4) is 0 Å². The number of amides is 3. The highest BCUT2D eigenvalue weighted by atomic mass is 16.7. The van der Waals surface area contributed by atoms with Crippen molar-refractivity contribution < 1.29 is 33.5 Å². The fourth-order valence-corrected chi connectivity index (χ4v) is 2.91. The standard InChI is InChI=1S/C18H28N4O7/c1-6-8-28-22-14-11-21(17(22)25)13(15(23)26-5)10-12(14)20-27-9-7-19-16(24)29-18(2,3)4/h6,13-14H,1,7-11H2,2-5H3,(H,19,24)/b20-12-/t13-,14-/m0/s1. The lowest BCUT2D eigenvalue weighted by Crippen LogP contribution is -2.49. The number of oxime groups is 1. The first-order chi connectivity index (χ1) is 13.7. The molecule has 162 valence electrons. The number of ether oxygens (including phenoxy) is 2. The fourth-order valence-electron chi connectivity index (χ4n) is 2.91. The number of carbonyl (C=O) groups is 3. The Hall–Kier alpha value is -2.82. The molecule has 0 saturated carbocycles. The van der Waals surface area contributed by atoms with Crippen molar-refractivity contribution in [3.05, 3.63) is 12.7 Å². The average Bonchev–Trinajstić information content (AvgIpc) is 2.91. The number of alkyl carbamates (subject to hydrolysis) is 1. The molecule has 0 aliphatic carbocycles. The molecular formula is C18H28N4O7. The molecule has 2 atom stereocenters. The second-order valence-electron chi connectivity index (χ2n) is 7.45. The molecule has 0 unspecified atom stereocenters. The normalized spacial score (nSPS) is 22.5. The van der Waals surface area contributed by atoms with E-state index in [4.69, 9.17) is 19.1 Å². The zero-order chi connectivity index (χ0) is 21.6. The smallest absolute Gasteiger partial charge is 0.407 e. The topological polar surface area (TPSA) is 119 Å². The Balaban J connectivity index is 1.98. The van der Waals surface area contributed by atoms with Gasteiger partial charge in [-0.1, -0.05) is 11.2 Å². The van der Waals surface area contributed by atoms with Crippen LogP contribution in [0.1, 0.15) is 27.2 Å². The van der Waals surface area contributed by atoms with Gasteiger partial charge in [-0.15, -0.1) is 6.58 Å². The molecule has 3 amide bonds. The molecule has 2 fully saturated rings. The SMILES string of the molecule is C=CCON1C(=O)N2C[C@H]1/C(=N\OCCNC(=O)OC(C)(C)C)C[C@H]2C(=O)OC. The van der Waals surface area contributed by atoms with E-state index in [0.717, 1.165) is 0 Å². The van der Waals surface area contributed by atoms with Gasteiger partial charge in [-0.25, -0.2) is 14.4 Å². The first-order valence-corrected chi connectivity index (χ1v) is 9.25. The second-order valence-corrected chi connectivity index (χ2v) is 7.45. The van der Waals surface area contributed by atoms with Crippen LogP contribution in [-0.4, -0.2) is 84.9 Å². The minimum Gasteiger partial charge on any atom is -0.467 e. The number of urea groups is 1. The van der Waals surface area contributed by atoms with Gasteiger partial charge in [0, 0.05) is 6.42 Å². The lowest BCUT2D eigenvalue weighted by atomic mass is 9.99. The van der Waals surface area contributed by atoms with Crippen LogP contribution >= 0.6 is 0 Å². The summed E-state index contributed by atoms with van der Waals surface area (Å²) < 4.78 is 9.92. The molecule has 1 N–H and O–H groups in total. The number of hydrogen-bond acceptors (Lipinski definition) is 8. The Bertz CT molecular complexity index is 674. The van der Waals surface area contributed by atoms with Crippen molar-refractivity contribution in [1.29, 1.82) is 0 Å². The van der Waals surface area contributed by atoms with Gasteiger partial charge in [0.2, 0.25) is 0 Å². The quantitative estimate of drug-likeness (QED) is 0.274. The lowest BCUT2D eigenvalue weighted by molar-refractivity contribution is -0.145. The number of rotatable bonds is 8. The summed E-state index contributed by atoms with van der Waals surface area (Å²) >= 11 is 0. The molecule has 0 spiro atoms. The molecule has 2 rings (SSSR count). The maximum Gasteiger partial charge on any atom is 0.407 e. The summed E-state index contributed by atoms with van der Waals surface area (Å²) in [7, 11) is 1.26. The van der Waals surface area contributed by atoms with E-state index in [1.807, 2.05) is 0 Å². The van der Waals surface area contributed by atoms with Crippen LogP contribution in [0.4, 0.5) is 9.59 Å². The summed E-state index contributed by atoms with van der Waals surface area (Å²) in [5.41, 5.74) is -0.116. The Morgan fingerprint density at radius 3 is 2.72 bits per heavy atom. The Labute approximate surface area is 169 Å². The molecule has 0 aromatic rings. The molecule has 0 radical (unpaired) electrons. The number of methoxy groups -OCH3 is 1. The molecule has 2 aliphatic heterocycles. The number of piperidine rings is 1. The van der Waals surface area contributed by atoms with Gasteiger partial charge < -0.3 is 24.5 Å². The minimum absolute atomic E-state index is 0.0868. The van der Waals surface area contributed by atoms with Crippen LogP contribution in [-0.2, 0) is 23.9 Å². The Morgan fingerprint density at radius 2 is 2.10 bits per heavy atom. The molecule has 2 bridgehead atoms. The van der Waals surface area contributed by atoms with Gasteiger partial charge in [0.25, 0.3) is 0 Å². The first kappa shape index (κ1) is 22.5. The van der Waals surface area contributed by atoms with Crippen molar-refractivity contribution in [2.24, 2.45) is 5.16 Å². The van der Waals surface area contributed by atoms with Crippen LogP contribution in [0.2, 0.25) is 0 Å². The predicted molar refractivity (Wildman–Crippen MR) is 102 cm³/mol. The maximum absolute atomic E-state index is 12.6. The first-order valence-electron chi connectivity index (χ1n) is 9.25. The highest BCUT2D eigenvalue weighted by Gasteiger charge is 2.52. The molecule has 11 nitrogen and oxygen atoms in total. The van der Waals surface area contributed by atoms with Gasteiger partial charge in [0.05, 0.1) is 32.5 Å². The monoisotopic (exact) mass is 412 g/mol. The van der Waals surface area contributed by atoms with Gasteiger partial charge in [0.15, 0.2) is 0 Å². The van der Waals surface area contributed by atoms with E-state index in [2.05, 4.69) is 17.1 Å². The summed E-state index contributed by atoms with van der Waals surface area (Å²) in [6.45, 7) is 9.49.